The number of allylic oxidation sites excluding steroid dienone is 10. The van der Waals surface area contributed by atoms with E-state index < -0.39 is 0 Å². The minimum absolute atomic E-state index is 0.0889. The van der Waals surface area contributed by atoms with Crippen LogP contribution >= 0.6 is 0 Å². The van der Waals surface area contributed by atoms with Crippen LogP contribution in [0, 0.1) is 23.7 Å². The van der Waals surface area contributed by atoms with E-state index in [0.717, 1.165) is 23.3 Å². The fourth-order valence-corrected chi connectivity index (χ4v) is 2.79. The summed E-state index contributed by atoms with van der Waals surface area (Å²) in [5, 5.41) is 3.00. The van der Waals surface area contributed by atoms with E-state index in [1.54, 1.807) is 12.3 Å². The van der Waals surface area contributed by atoms with E-state index >= 15 is 0 Å². The number of carbonyl (C=O) groups excluding carboxylic acids is 1. The van der Waals surface area contributed by atoms with Gasteiger partial charge in [-0.25, -0.2) is 0 Å². The molecule has 0 aromatic rings. The summed E-state index contributed by atoms with van der Waals surface area (Å²) in [4.78, 5) is 16.5. The summed E-state index contributed by atoms with van der Waals surface area (Å²) in [6.07, 6.45) is 18.0. The van der Waals surface area contributed by atoms with E-state index in [4.69, 9.17) is 0 Å². The van der Waals surface area contributed by atoms with Crippen molar-refractivity contribution >= 4 is 12.1 Å². The van der Waals surface area contributed by atoms with Crippen molar-refractivity contribution in [3.63, 3.8) is 0 Å². The Morgan fingerprint density at radius 3 is 2.43 bits per heavy atom. The van der Waals surface area contributed by atoms with Gasteiger partial charge in [-0.1, -0.05) is 77.0 Å². The molecule has 0 heterocycles. The molecule has 1 fully saturated rings. The molecular weight excluding hydrogens is 344 g/mol. The first-order valence-corrected chi connectivity index (χ1v) is 9.80. The van der Waals surface area contributed by atoms with E-state index in [1.807, 2.05) is 19.1 Å². The second-order valence-corrected chi connectivity index (χ2v) is 7.53. The van der Waals surface area contributed by atoms with Crippen LogP contribution in [0.4, 0.5) is 0 Å². The van der Waals surface area contributed by atoms with Crippen molar-refractivity contribution in [1.82, 2.24) is 5.32 Å². The van der Waals surface area contributed by atoms with E-state index in [-0.39, 0.29) is 11.8 Å². The summed E-state index contributed by atoms with van der Waals surface area (Å²) in [7, 11) is 0. The zero-order chi connectivity index (χ0) is 21.1. The van der Waals surface area contributed by atoms with Gasteiger partial charge in [0.15, 0.2) is 0 Å². The molecular formula is C25H34N2O. The summed E-state index contributed by atoms with van der Waals surface area (Å²) in [5.41, 5.74) is 2.37. The van der Waals surface area contributed by atoms with Gasteiger partial charge in [0.1, 0.15) is 0 Å². The number of hydrogen-bond donors (Lipinski definition) is 1. The normalized spacial score (nSPS) is 21.5. The van der Waals surface area contributed by atoms with Gasteiger partial charge >= 0.3 is 0 Å². The minimum atomic E-state index is 0.0889. The van der Waals surface area contributed by atoms with Crippen molar-refractivity contribution in [3.8, 4) is 0 Å². The van der Waals surface area contributed by atoms with Gasteiger partial charge in [0, 0.05) is 24.0 Å². The van der Waals surface area contributed by atoms with Crippen LogP contribution in [0.2, 0.25) is 0 Å². The van der Waals surface area contributed by atoms with Gasteiger partial charge in [-0.2, -0.15) is 0 Å². The van der Waals surface area contributed by atoms with Gasteiger partial charge < -0.3 is 5.32 Å². The molecule has 0 aromatic heterocycles. The Kier molecular flexibility index (Phi) is 9.94. The molecule has 0 aliphatic heterocycles. The van der Waals surface area contributed by atoms with Gasteiger partial charge in [-0.15, -0.1) is 0 Å². The second kappa shape index (κ2) is 11.9. The van der Waals surface area contributed by atoms with Crippen LogP contribution in [0.1, 0.15) is 34.1 Å². The van der Waals surface area contributed by atoms with Crippen LogP contribution in [-0.4, -0.2) is 12.1 Å². The number of nitrogens with one attached hydrogen (secondary N) is 1. The lowest BCUT2D eigenvalue weighted by Gasteiger charge is -2.07. The molecule has 3 unspecified atom stereocenters. The quantitative estimate of drug-likeness (QED) is 0.351. The molecule has 1 aliphatic carbocycles. The van der Waals surface area contributed by atoms with Crippen LogP contribution in [0.25, 0.3) is 0 Å². The first-order chi connectivity index (χ1) is 13.3. The summed E-state index contributed by atoms with van der Waals surface area (Å²) in [6, 6.07) is 0. The average Bonchev–Trinajstić information content (AvgIpc) is 3.45. The molecule has 150 valence electrons. The second-order valence-electron chi connectivity index (χ2n) is 7.53. The smallest absolute Gasteiger partial charge is 0.227 e. The third kappa shape index (κ3) is 8.34. The Hall–Kier alpha value is -2.68. The molecule has 1 saturated carbocycles. The SMILES string of the molecule is C=CN=C/C(=C/C=C(\C)NC(=O)C1CC1C(C)/C=C\C=C/C(C)C)C(=C)C=C. The molecule has 1 aliphatic rings. The fraction of sp³-hybridized carbons (Fsp3) is 0.360. The third-order valence-electron chi connectivity index (χ3n) is 4.64. The highest BCUT2D eigenvalue weighted by atomic mass is 16.2. The standard InChI is InChI=1S/C25H34N2O/c1-8-19(5)22(17-26-9-2)15-14-21(7)27-25(28)24-16-23(24)20(6)13-11-10-12-18(3)4/h8-15,17-18,20,23-24H,1-2,5,16H2,3-4,6-7H3,(H,27,28)/b12-10-,13-11-,21-14+,22-15-,26-17?. The van der Waals surface area contributed by atoms with Crippen molar-refractivity contribution in [2.75, 3.05) is 0 Å². The van der Waals surface area contributed by atoms with Gasteiger partial charge in [0.25, 0.3) is 0 Å². The van der Waals surface area contributed by atoms with Crippen molar-refractivity contribution in [3.05, 3.63) is 85.3 Å². The fourth-order valence-electron chi connectivity index (χ4n) is 2.79. The lowest BCUT2D eigenvalue weighted by molar-refractivity contribution is -0.122. The molecule has 1 amide bonds. The van der Waals surface area contributed by atoms with Crippen LogP contribution in [0.3, 0.4) is 0 Å². The third-order valence-corrected chi connectivity index (χ3v) is 4.64. The zero-order valence-electron chi connectivity index (χ0n) is 17.7. The van der Waals surface area contributed by atoms with Gasteiger partial charge in [-0.3, -0.25) is 9.79 Å². The Morgan fingerprint density at radius 2 is 1.82 bits per heavy atom. The Bertz CT molecular complexity index is 732. The van der Waals surface area contributed by atoms with Crippen LogP contribution in [0.5, 0.6) is 0 Å². The Balaban J connectivity index is 2.63. The molecule has 3 atom stereocenters. The molecule has 0 spiro atoms. The van der Waals surface area contributed by atoms with E-state index in [2.05, 4.69) is 75.1 Å². The van der Waals surface area contributed by atoms with Crippen LogP contribution < -0.4 is 5.32 Å². The van der Waals surface area contributed by atoms with Crippen molar-refractivity contribution in [2.24, 2.45) is 28.7 Å². The number of carbonyl (C=O) groups is 1. The maximum Gasteiger partial charge on any atom is 0.227 e. The van der Waals surface area contributed by atoms with Crippen molar-refractivity contribution < 1.29 is 4.79 Å². The zero-order valence-corrected chi connectivity index (χ0v) is 17.7. The predicted molar refractivity (Wildman–Crippen MR) is 122 cm³/mol. The molecule has 0 bridgehead atoms. The molecule has 1 N–H and O–H groups in total. The number of aliphatic imine (C=N–C) groups is 1. The average molecular weight is 379 g/mol. The van der Waals surface area contributed by atoms with E-state index in [1.165, 1.54) is 6.20 Å². The van der Waals surface area contributed by atoms with Crippen LogP contribution in [0.15, 0.2) is 90.3 Å². The first kappa shape index (κ1) is 23.4. The summed E-state index contributed by atoms with van der Waals surface area (Å²) >= 11 is 0. The molecule has 1 rings (SSSR count). The highest BCUT2D eigenvalue weighted by Gasteiger charge is 2.45. The summed E-state index contributed by atoms with van der Waals surface area (Å²) in [6.45, 7) is 19.6. The maximum absolute atomic E-state index is 12.5. The van der Waals surface area contributed by atoms with E-state index in [0.29, 0.717) is 17.8 Å². The number of hydrogen-bond acceptors (Lipinski definition) is 2. The van der Waals surface area contributed by atoms with Gasteiger partial charge in [-0.05, 0) is 48.3 Å². The Morgan fingerprint density at radius 1 is 1.14 bits per heavy atom. The van der Waals surface area contributed by atoms with Gasteiger partial charge in [0.2, 0.25) is 5.91 Å². The molecule has 0 radical (unpaired) electrons. The number of rotatable bonds is 11. The summed E-state index contributed by atoms with van der Waals surface area (Å²) < 4.78 is 0. The van der Waals surface area contributed by atoms with Gasteiger partial charge in [0.05, 0.1) is 0 Å². The topological polar surface area (TPSA) is 41.5 Å². The largest absolute Gasteiger partial charge is 0.330 e. The number of amides is 1. The monoisotopic (exact) mass is 378 g/mol. The first-order valence-electron chi connectivity index (χ1n) is 9.80. The molecule has 0 aromatic carbocycles. The molecule has 0 saturated heterocycles. The summed E-state index contributed by atoms with van der Waals surface area (Å²) in [5.74, 6) is 1.55. The van der Waals surface area contributed by atoms with Crippen LogP contribution in [-0.2, 0) is 4.79 Å². The minimum Gasteiger partial charge on any atom is -0.330 e. The highest BCUT2D eigenvalue weighted by Crippen LogP contribution is 2.45. The predicted octanol–water partition coefficient (Wildman–Crippen LogP) is 5.93. The molecule has 3 nitrogen and oxygen atoms in total. The highest BCUT2D eigenvalue weighted by molar-refractivity contribution is 5.86. The van der Waals surface area contributed by atoms with E-state index in [9.17, 15) is 4.79 Å². The maximum atomic E-state index is 12.5. The lowest BCUT2D eigenvalue weighted by Crippen LogP contribution is -2.24. The Labute approximate surface area is 170 Å². The molecule has 3 heteroatoms. The molecule has 28 heavy (non-hydrogen) atoms. The number of nitrogens with zero attached hydrogens (tertiary/aromatic N) is 1. The lowest BCUT2D eigenvalue weighted by atomic mass is 10.0. The van der Waals surface area contributed by atoms with Crippen molar-refractivity contribution in [1.29, 1.82) is 0 Å². The van der Waals surface area contributed by atoms with Crippen molar-refractivity contribution in [2.45, 2.75) is 34.1 Å².